The topological polar surface area (TPSA) is 32.3 Å². The van der Waals surface area contributed by atoms with Gasteiger partial charge in [-0.25, -0.2) is 4.39 Å². The second kappa shape index (κ2) is 5.46. The predicted octanol–water partition coefficient (Wildman–Crippen LogP) is 2.94. The number of rotatable bonds is 4. The van der Waals surface area contributed by atoms with Crippen molar-refractivity contribution in [2.45, 2.75) is 38.3 Å². The van der Waals surface area contributed by atoms with Crippen LogP contribution in [-0.4, -0.2) is 17.8 Å². The van der Waals surface area contributed by atoms with E-state index in [-0.39, 0.29) is 24.5 Å². The van der Waals surface area contributed by atoms with Gasteiger partial charge in [0.15, 0.2) is 0 Å². The van der Waals surface area contributed by atoms with Gasteiger partial charge in [0.2, 0.25) is 0 Å². The Bertz CT molecular complexity index is 407. The summed E-state index contributed by atoms with van der Waals surface area (Å²) in [4.78, 5) is 0. The number of halogens is 2. The molecule has 2 atom stereocenters. The van der Waals surface area contributed by atoms with Crippen LogP contribution in [0.4, 0.5) is 4.39 Å². The van der Waals surface area contributed by atoms with Crippen molar-refractivity contribution in [3.8, 4) is 0 Å². The molecule has 2 rings (SSSR count). The van der Waals surface area contributed by atoms with Crippen LogP contribution in [0.15, 0.2) is 16.6 Å². The number of aliphatic hydroxyl groups excluding tert-OH is 1. The van der Waals surface area contributed by atoms with Crippen molar-refractivity contribution in [3.05, 3.63) is 33.5 Å². The Morgan fingerprint density at radius 2 is 2.35 bits per heavy atom. The van der Waals surface area contributed by atoms with Gasteiger partial charge >= 0.3 is 0 Å². The van der Waals surface area contributed by atoms with E-state index in [9.17, 15) is 9.50 Å². The van der Waals surface area contributed by atoms with Crippen molar-refractivity contribution in [2.75, 3.05) is 6.61 Å². The van der Waals surface area contributed by atoms with Crippen LogP contribution in [0.2, 0.25) is 0 Å². The van der Waals surface area contributed by atoms with Crippen LogP contribution in [0.3, 0.4) is 0 Å². The third-order valence-electron chi connectivity index (χ3n) is 3.40. The van der Waals surface area contributed by atoms with Crippen molar-refractivity contribution in [3.63, 3.8) is 0 Å². The van der Waals surface area contributed by atoms with Gasteiger partial charge in [0, 0.05) is 16.6 Å². The van der Waals surface area contributed by atoms with E-state index in [4.69, 9.17) is 0 Å². The molecule has 4 heteroatoms. The van der Waals surface area contributed by atoms with Crippen molar-refractivity contribution >= 4 is 15.9 Å². The molecule has 0 aliphatic heterocycles. The summed E-state index contributed by atoms with van der Waals surface area (Å²) >= 11 is 3.33. The molecule has 1 aromatic carbocycles. The molecule has 0 radical (unpaired) electrons. The number of benzene rings is 1. The molecule has 2 N–H and O–H groups in total. The molecule has 2 nitrogen and oxygen atoms in total. The molecule has 0 fully saturated rings. The summed E-state index contributed by atoms with van der Waals surface area (Å²) in [6.45, 7) is 2.16. The molecule has 94 valence electrons. The van der Waals surface area contributed by atoms with Crippen LogP contribution >= 0.6 is 15.9 Å². The zero-order valence-corrected chi connectivity index (χ0v) is 11.4. The fraction of sp³-hybridized carbons (Fsp3) is 0.538. The third kappa shape index (κ3) is 2.69. The maximum atomic E-state index is 13.7. The highest BCUT2D eigenvalue weighted by Gasteiger charge is 2.26. The van der Waals surface area contributed by atoms with Gasteiger partial charge in [0.1, 0.15) is 5.82 Å². The smallest absolute Gasteiger partial charge is 0.127 e. The molecule has 0 saturated carbocycles. The van der Waals surface area contributed by atoms with Gasteiger partial charge in [-0.05, 0) is 42.5 Å². The van der Waals surface area contributed by atoms with Crippen LogP contribution in [0.5, 0.6) is 0 Å². The number of hydrogen-bond acceptors (Lipinski definition) is 2. The first kappa shape index (κ1) is 13.0. The van der Waals surface area contributed by atoms with Gasteiger partial charge in [-0.1, -0.05) is 22.9 Å². The summed E-state index contributed by atoms with van der Waals surface area (Å²) in [5, 5.41) is 12.6. The van der Waals surface area contributed by atoms with Gasteiger partial charge in [-0.2, -0.15) is 0 Å². The quantitative estimate of drug-likeness (QED) is 0.896. The van der Waals surface area contributed by atoms with Gasteiger partial charge in [0.05, 0.1) is 6.61 Å². The summed E-state index contributed by atoms with van der Waals surface area (Å²) < 4.78 is 14.5. The maximum Gasteiger partial charge on any atom is 0.127 e. The van der Waals surface area contributed by atoms with Gasteiger partial charge in [-0.3, -0.25) is 0 Å². The van der Waals surface area contributed by atoms with Crippen LogP contribution < -0.4 is 5.32 Å². The zero-order chi connectivity index (χ0) is 12.4. The molecule has 2 unspecified atom stereocenters. The van der Waals surface area contributed by atoms with E-state index in [1.807, 2.05) is 13.0 Å². The first-order chi connectivity index (χ1) is 8.15. The molecule has 1 aliphatic carbocycles. The number of fused-ring (bicyclic) bond motifs is 1. The summed E-state index contributed by atoms with van der Waals surface area (Å²) in [7, 11) is 0. The van der Waals surface area contributed by atoms with Crippen LogP contribution in [0.25, 0.3) is 0 Å². The normalized spacial score (nSPS) is 20.4. The first-order valence-corrected chi connectivity index (χ1v) is 6.79. The third-order valence-corrected chi connectivity index (χ3v) is 3.86. The van der Waals surface area contributed by atoms with E-state index in [1.165, 1.54) is 6.07 Å². The highest BCUT2D eigenvalue weighted by molar-refractivity contribution is 9.10. The minimum absolute atomic E-state index is 0.0907. The Morgan fingerprint density at radius 1 is 1.59 bits per heavy atom. The molecular weight excluding hydrogens is 285 g/mol. The lowest BCUT2D eigenvalue weighted by atomic mass is 10.1. The summed E-state index contributed by atoms with van der Waals surface area (Å²) in [5.41, 5.74) is 1.85. The molecule has 0 aromatic heterocycles. The Morgan fingerprint density at radius 3 is 3.00 bits per heavy atom. The molecule has 1 aromatic rings. The molecule has 0 bridgehead atoms. The fourth-order valence-corrected chi connectivity index (χ4v) is 2.85. The van der Waals surface area contributed by atoms with Crippen molar-refractivity contribution in [1.82, 2.24) is 5.32 Å². The standard InChI is InChI=1S/C13H17BrFNO/c1-2-9(7-17)16-13-4-3-10-11(13)5-8(14)6-12(10)15/h5-6,9,13,16-17H,2-4,7H2,1H3. The second-order valence-corrected chi connectivity index (χ2v) is 5.42. The van der Waals surface area contributed by atoms with E-state index in [0.717, 1.165) is 34.9 Å². The lowest BCUT2D eigenvalue weighted by Crippen LogP contribution is -2.34. The molecule has 0 spiro atoms. The zero-order valence-electron chi connectivity index (χ0n) is 9.84. The SMILES string of the molecule is CCC(CO)NC1CCc2c(F)cc(Br)cc21. The van der Waals surface area contributed by atoms with Crippen molar-refractivity contribution in [2.24, 2.45) is 0 Å². The Labute approximate surface area is 109 Å². The van der Waals surface area contributed by atoms with Crippen LogP contribution in [0, 0.1) is 5.82 Å². The first-order valence-electron chi connectivity index (χ1n) is 6.00. The van der Waals surface area contributed by atoms with E-state index in [2.05, 4.69) is 21.2 Å². The molecule has 0 heterocycles. The minimum atomic E-state index is -0.129. The monoisotopic (exact) mass is 301 g/mol. The summed E-state index contributed by atoms with van der Waals surface area (Å²) in [5.74, 6) is -0.129. The second-order valence-electron chi connectivity index (χ2n) is 4.50. The fourth-order valence-electron chi connectivity index (χ4n) is 2.40. The maximum absolute atomic E-state index is 13.7. The lowest BCUT2D eigenvalue weighted by Gasteiger charge is -2.21. The average Bonchev–Trinajstić information content (AvgIpc) is 2.69. The van der Waals surface area contributed by atoms with E-state index in [0.29, 0.717) is 0 Å². The van der Waals surface area contributed by atoms with Gasteiger partial charge in [0.25, 0.3) is 0 Å². The van der Waals surface area contributed by atoms with Gasteiger partial charge < -0.3 is 10.4 Å². The van der Waals surface area contributed by atoms with Crippen LogP contribution in [0.1, 0.15) is 36.9 Å². The van der Waals surface area contributed by atoms with E-state index >= 15 is 0 Å². The van der Waals surface area contributed by atoms with Crippen molar-refractivity contribution in [1.29, 1.82) is 0 Å². The number of nitrogens with one attached hydrogen (secondary N) is 1. The number of hydrogen-bond donors (Lipinski definition) is 2. The highest BCUT2D eigenvalue weighted by atomic mass is 79.9. The molecule has 0 saturated heterocycles. The Balaban J connectivity index is 2.21. The lowest BCUT2D eigenvalue weighted by molar-refractivity contribution is 0.227. The highest BCUT2D eigenvalue weighted by Crippen LogP contribution is 2.35. The molecule has 17 heavy (non-hydrogen) atoms. The summed E-state index contributed by atoms with van der Waals surface area (Å²) in [6, 6.07) is 3.75. The van der Waals surface area contributed by atoms with Crippen molar-refractivity contribution < 1.29 is 9.50 Å². The Hall–Kier alpha value is -0.450. The minimum Gasteiger partial charge on any atom is -0.395 e. The predicted molar refractivity (Wildman–Crippen MR) is 69.5 cm³/mol. The molecule has 0 amide bonds. The van der Waals surface area contributed by atoms with Gasteiger partial charge in [-0.15, -0.1) is 0 Å². The van der Waals surface area contributed by atoms with E-state index in [1.54, 1.807) is 0 Å². The molecular formula is C13H17BrFNO. The van der Waals surface area contributed by atoms with E-state index < -0.39 is 0 Å². The largest absolute Gasteiger partial charge is 0.395 e. The average molecular weight is 302 g/mol. The van der Waals surface area contributed by atoms with Crippen LogP contribution in [-0.2, 0) is 6.42 Å². The number of aliphatic hydroxyl groups is 1. The Kier molecular flexibility index (Phi) is 4.17. The molecule has 1 aliphatic rings. The summed E-state index contributed by atoms with van der Waals surface area (Å²) in [6.07, 6.45) is 2.55.